The van der Waals surface area contributed by atoms with Gasteiger partial charge in [0.05, 0.1) is 23.6 Å². The zero-order valence-electron chi connectivity index (χ0n) is 10.1. The van der Waals surface area contributed by atoms with Crippen molar-refractivity contribution in [3.05, 3.63) is 49.6 Å². The highest BCUT2D eigenvalue weighted by Gasteiger charge is 2.12. The zero-order valence-corrected chi connectivity index (χ0v) is 13.2. The number of nitrogens with one attached hydrogen (secondary N) is 1. The Bertz CT molecular complexity index is 600. The average molecular weight is 361 g/mol. The summed E-state index contributed by atoms with van der Waals surface area (Å²) in [6.45, 7) is 0.454. The number of methoxy groups -OCH3 is 1. The molecule has 0 aliphatic heterocycles. The summed E-state index contributed by atoms with van der Waals surface area (Å²) in [5.41, 5.74) is 0.508. The van der Waals surface area contributed by atoms with Gasteiger partial charge in [-0.2, -0.15) is 0 Å². The summed E-state index contributed by atoms with van der Waals surface area (Å²) in [5, 5.41) is 2.84. The van der Waals surface area contributed by atoms with E-state index < -0.39 is 0 Å². The van der Waals surface area contributed by atoms with Crippen molar-refractivity contribution in [3.63, 3.8) is 0 Å². The molecule has 0 spiro atoms. The maximum absolute atomic E-state index is 12.1. The van der Waals surface area contributed by atoms with Gasteiger partial charge in [0.2, 0.25) is 0 Å². The van der Waals surface area contributed by atoms with Crippen LogP contribution in [0.3, 0.4) is 0 Å². The molecule has 2 rings (SSSR count). The predicted molar refractivity (Wildman–Crippen MR) is 81.2 cm³/mol. The van der Waals surface area contributed by atoms with Crippen molar-refractivity contribution in [3.8, 4) is 5.75 Å². The van der Waals surface area contributed by atoms with Crippen LogP contribution >= 0.6 is 38.9 Å². The van der Waals surface area contributed by atoms with Gasteiger partial charge in [-0.15, -0.1) is 11.3 Å². The van der Waals surface area contributed by atoms with Crippen molar-refractivity contribution in [2.45, 2.75) is 6.54 Å². The lowest BCUT2D eigenvalue weighted by molar-refractivity contribution is 0.0948. The third kappa shape index (κ3) is 3.72. The van der Waals surface area contributed by atoms with Crippen LogP contribution in [0.1, 0.15) is 15.2 Å². The van der Waals surface area contributed by atoms with Crippen molar-refractivity contribution in [1.29, 1.82) is 0 Å². The number of amides is 1. The summed E-state index contributed by atoms with van der Waals surface area (Å²) >= 11 is 10.6. The van der Waals surface area contributed by atoms with Crippen molar-refractivity contribution in [1.82, 2.24) is 5.32 Å². The standard InChI is InChI=1S/C13H11BrClNO2S/c1-18-11-6-8(14)2-4-10(11)13(17)16-7-9-3-5-12(15)19-9/h2-6H,7H2,1H3,(H,16,17). The Hall–Kier alpha value is -1.04. The van der Waals surface area contributed by atoms with Crippen LogP contribution in [0.15, 0.2) is 34.8 Å². The summed E-state index contributed by atoms with van der Waals surface area (Å²) in [5.74, 6) is 0.366. The quantitative estimate of drug-likeness (QED) is 0.891. The average Bonchev–Trinajstić information content (AvgIpc) is 2.81. The molecule has 1 aromatic carbocycles. The van der Waals surface area contributed by atoms with Crippen molar-refractivity contribution in [2.24, 2.45) is 0 Å². The highest BCUT2D eigenvalue weighted by molar-refractivity contribution is 9.10. The molecule has 0 saturated heterocycles. The van der Waals surface area contributed by atoms with Gasteiger partial charge in [-0.1, -0.05) is 27.5 Å². The van der Waals surface area contributed by atoms with E-state index in [0.717, 1.165) is 9.35 Å². The molecule has 0 aliphatic carbocycles. The van der Waals surface area contributed by atoms with E-state index in [4.69, 9.17) is 16.3 Å². The van der Waals surface area contributed by atoms with Crippen LogP contribution in [0, 0.1) is 0 Å². The number of halogens is 2. The van der Waals surface area contributed by atoms with E-state index in [2.05, 4.69) is 21.2 Å². The molecule has 0 unspecified atom stereocenters. The molecule has 3 nitrogen and oxygen atoms in total. The first-order valence-electron chi connectivity index (χ1n) is 5.46. The number of thiophene rings is 1. The van der Waals surface area contributed by atoms with Crippen LogP contribution in [0.25, 0.3) is 0 Å². The van der Waals surface area contributed by atoms with E-state index in [0.29, 0.717) is 22.2 Å². The maximum Gasteiger partial charge on any atom is 0.255 e. The number of rotatable bonds is 4. The highest BCUT2D eigenvalue weighted by Crippen LogP contribution is 2.24. The fourth-order valence-electron chi connectivity index (χ4n) is 1.56. The van der Waals surface area contributed by atoms with Gasteiger partial charge in [0.15, 0.2) is 0 Å². The summed E-state index contributed by atoms with van der Waals surface area (Å²) < 4.78 is 6.77. The van der Waals surface area contributed by atoms with Crippen LogP contribution in [0.2, 0.25) is 4.34 Å². The molecule has 0 fully saturated rings. The smallest absolute Gasteiger partial charge is 0.255 e. The Morgan fingerprint density at radius 2 is 2.21 bits per heavy atom. The first kappa shape index (κ1) is 14.4. The van der Waals surface area contributed by atoms with Crippen molar-refractivity contribution in [2.75, 3.05) is 7.11 Å². The Morgan fingerprint density at radius 1 is 1.42 bits per heavy atom. The van der Waals surface area contributed by atoms with Crippen LogP contribution in [-0.4, -0.2) is 13.0 Å². The Morgan fingerprint density at radius 3 is 2.84 bits per heavy atom. The first-order valence-corrected chi connectivity index (χ1v) is 7.45. The summed E-state index contributed by atoms with van der Waals surface area (Å²) in [4.78, 5) is 13.1. The summed E-state index contributed by atoms with van der Waals surface area (Å²) in [6.07, 6.45) is 0. The SMILES string of the molecule is COc1cc(Br)ccc1C(=O)NCc1ccc(Cl)s1. The molecular formula is C13H11BrClNO2S. The Labute approximate surface area is 128 Å². The Balaban J connectivity index is 2.07. The van der Waals surface area contributed by atoms with Gasteiger partial charge in [-0.3, -0.25) is 4.79 Å². The topological polar surface area (TPSA) is 38.3 Å². The molecule has 0 bridgehead atoms. The molecule has 2 aromatic rings. The molecular weight excluding hydrogens is 350 g/mol. The fraction of sp³-hybridized carbons (Fsp3) is 0.154. The molecule has 0 radical (unpaired) electrons. The normalized spacial score (nSPS) is 10.3. The molecule has 19 heavy (non-hydrogen) atoms. The van der Waals surface area contributed by atoms with Gasteiger partial charge < -0.3 is 10.1 Å². The molecule has 0 saturated carbocycles. The van der Waals surface area contributed by atoms with E-state index in [9.17, 15) is 4.79 Å². The molecule has 1 heterocycles. The first-order chi connectivity index (χ1) is 9.10. The second kappa shape index (κ2) is 6.41. The lowest BCUT2D eigenvalue weighted by atomic mass is 10.2. The van der Waals surface area contributed by atoms with Gasteiger partial charge in [0.25, 0.3) is 5.91 Å². The van der Waals surface area contributed by atoms with Crippen molar-refractivity contribution >= 4 is 44.8 Å². The zero-order chi connectivity index (χ0) is 13.8. The number of carbonyl (C=O) groups excluding carboxylic acids is 1. The molecule has 6 heteroatoms. The minimum atomic E-state index is -0.172. The number of ether oxygens (including phenoxy) is 1. The Kier molecular flexibility index (Phi) is 4.85. The van der Waals surface area contributed by atoms with Crippen LogP contribution in [-0.2, 0) is 6.54 Å². The molecule has 1 N–H and O–H groups in total. The number of benzene rings is 1. The minimum Gasteiger partial charge on any atom is -0.496 e. The second-order valence-corrected chi connectivity index (χ2v) is 6.45. The summed E-state index contributed by atoms with van der Waals surface area (Å²) in [7, 11) is 1.54. The minimum absolute atomic E-state index is 0.172. The highest BCUT2D eigenvalue weighted by atomic mass is 79.9. The number of hydrogen-bond acceptors (Lipinski definition) is 3. The molecule has 100 valence electrons. The second-order valence-electron chi connectivity index (χ2n) is 3.73. The maximum atomic E-state index is 12.1. The molecule has 0 atom stereocenters. The molecule has 1 amide bonds. The van der Waals surface area contributed by atoms with Crippen LogP contribution < -0.4 is 10.1 Å². The van der Waals surface area contributed by atoms with Crippen LogP contribution in [0.4, 0.5) is 0 Å². The van der Waals surface area contributed by atoms with E-state index in [1.807, 2.05) is 12.1 Å². The number of carbonyl (C=O) groups is 1. The van der Waals surface area contributed by atoms with Gasteiger partial charge in [0.1, 0.15) is 5.75 Å². The van der Waals surface area contributed by atoms with Crippen LogP contribution in [0.5, 0.6) is 5.75 Å². The summed E-state index contributed by atoms with van der Waals surface area (Å²) in [6, 6.07) is 9.00. The van der Waals surface area contributed by atoms with E-state index in [1.54, 1.807) is 18.2 Å². The van der Waals surface area contributed by atoms with Gasteiger partial charge in [-0.25, -0.2) is 0 Å². The van der Waals surface area contributed by atoms with E-state index in [-0.39, 0.29) is 5.91 Å². The lowest BCUT2D eigenvalue weighted by Gasteiger charge is -2.09. The lowest BCUT2D eigenvalue weighted by Crippen LogP contribution is -2.22. The molecule has 0 aliphatic rings. The fourth-order valence-corrected chi connectivity index (χ4v) is 2.93. The van der Waals surface area contributed by atoms with Gasteiger partial charge in [0, 0.05) is 9.35 Å². The molecule has 1 aromatic heterocycles. The monoisotopic (exact) mass is 359 g/mol. The van der Waals surface area contributed by atoms with E-state index in [1.165, 1.54) is 18.4 Å². The third-order valence-electron chi connectivity index (χ3n) is 2.46. The largest absolute Gasteiger partial charge is 0.496 e. The van der Waals surface area contributed by atoms with Crippen molar-refractivity contribution < 1.29 is 9.53 Å². The predicted octanol–water partition coefficient (Wildman–Crippen LogP) is 4.10. The van der Waals surface area contributed by atoms with Gasteiger partial charge in [-0.05, 0) is 30.3 Å². The number of hydrogen-bond donors (Lipinski definition) is 1. The van der Waals surface area contributed by atoms with E-state index >= 15 is 0 Å². The third-order valence-corrected chi connectivity index (χ3v) is 4.18. The van der Waals surface area contributed by atoms with Gasteiger partial charge >= 0.3 is 0 Å².